The minimum absolute atomic E-state index is 0.146. The largest absolute Gasteiger partial charge is 0.445 e. The van der Waals surface area contributed by atoms with Gasteiger partial charge in [0.15, 0.2) is 0 Å². The number of benzene rings is 1. The van der Waals surface area contributed by atoms with Crippen LogP contribution >= 0.6 is 0 Å². The molecule has 0 spiro atoms. The summed E-state index contributed by atoms with van der Waals surface area (Å²) in [5, 5.41) is 3.33. The lowest BCUT2D eigenvalue weighted by Crippen LogP contribution is -2.45. The number of hydrogen-bond donors (Lipinski definition) is 1. The van der Waals surface area contributed by atoms with Crippen molar-refractivity contribution < 1.29 is 18.3 Å². The Morgan fingerprint density at radius 1 is 1.19 bits per heavy atom. The molecule has 2 aliphatic rings. The summed E-state index contributed by atoms with van der Waals surface area (Å²) < 4.78 is 32.5. The minimum atomic E-state index is -2.59. The lowest BCUT2D eigenvalue weighted by atomic mass is 9.91. The van der Waals surface area contributed by atoms with E-state index in [0.717, 1.165) is 31.5 Å². The fraction of sp³-hybridized carbons (Fsp3) is 0.650. The summed E-state index contributed by atoms with van der Waals surface area (Å²) in [4.78, 5) is 14.4. The molecule has 1 amide bonds. The van der Waals surface area contributed by atoms with Gasteiger partial charge in [-0.2, -0.15) is 0 Å². The molecule has 26 heavy (non-hydrogen) atoms. The Labute approximate surface area is 153 Å². The van der Waals surface area contributed by atoms with Crippen LogP contribution in [0.3, 0.4) is 0 Å². The van der Waals surface area contributed by atoms with Gasteiger partial charge in [-0.1, -0.05) is 30.3 Å². The standard InChI is InChI=1S/C20H28F2N2O2/c21-20(22)10-6-18(7-11-20)24(13-9-16-8-12-23-14-16)19(25)26-15-17-4-2-1-3-5-17/h1-5,16,18,23H,6-15H2/t16-/m1/s1. The van der Waals surface area contributed by atoms with Crippen LogP contribution in [0, 0.1) is 5.92 Å². The van der Waals surface area contributed by atoms with Crippen LogP contribution in [0.1, 0.15) is 44.1 Å². The molecule has 1 aliphatic carbocycles. The average molecular weight is 366 g/mol. The van der Waals surface area contributed by atoms with E-state index in [1.807, 2.05) is 30.3 Å². The van der Waals surface area contributed by atoms with E-state index in [1.54, 1.807) is 4.90 Å². The molecule has 1 saturated heterocycles. The van der Waals surface area contributed by atoms with E-state index in [2.05, 4.69) is 5.32 Å². The van der Waals surface area contributed by atoms with Crippen LogP contribution < -0.4 is 5.32 Å². The van der Waals surface area contributed by atoms with Gasteiger partial charge < -0.3 is 15.0 Å². The van der Waals surface area contributed by atoms with Gasteiger partial charge in [-0.3, -0.25) is 0 Å². The molecule has 1 saturated carbocycles. The monoisotopic (exact) mass is 366 g/mol. The zero-order valence-corrected chi connectivity index (χ0v) is 15.1. The zero-order valence-electron chi connectivity index (χ0n) is 15.1. The van der Waals surface area contributed by atoms with Gasteiger partial charge >= 0.3 is 6.09 Å². The van der Waals surface area contributed by atoms with Crippen molar-refractivity contribution in [3.8, 4) is 0 Å². The Morgan fingerprint density at radius 2 is 1.92 bits per heavy atom. The number of alkyl halides is 2. The van der Waals surface area contributed by atoms with Gasteiger partial charge in [0, 0.05) is 25.4 Å². The maximum atomic E-state index is 13.5. The second kappa shape index (κ2) is 8.80. The molecule has 0 radical (unpaired) electrons. The number of nitrogens with one attached hydrogen (secondary N) is 1. The Morgan fingerprint density at radius 3 is 2.58 bits per heavy atom. The van der Waals surface area contributed by atoms with Gasteiger partial charge in [0.1, 0.15) is 6.61 Å². The molecule has 1 N–H and O–H groups in total. The molecule has 3 rings (SSSR count). The highest BCUT2D eigenvalue weighted by atomic mass is 19.3. The third kappa shape index (κ3) is 5.40. The second-order valence-electron chi connectivity index (χ2n) is 7.47. The molecule has 1 aliphatic heterocycles. The van der Waals surface area contributed by atoms with Crippen LogP contribution in [0.4, 0.5) is 13.6 Å². The Balaban J connectivity index is 1.58. The second-order valence-corrected chi connectivity index (χ2v) is 7.47. The fourth-order valence-electron chi connectivity index (χ4n) is 3.84. The molecular weight excluding hydrogens is 338 g/mol. The van der Waals surface area contributed by atoms with E-state index >= 15 is 0 Å². The van der Waals surface area contributed by atoms with Crippen LogP contribution in [-0.4, -0.2) is 42.6 Å². The van der Waals surface area contributed by atoms with E-state index in [0.29, 0.717) is 25.3 Å². The normalized spacial score (nSPS) is 22.9. The van der Waals surface area contributed by atoms with Gasteiger partial charge in [0.05, 0.1) is 0 Å². The van der Waals surface area contributed by atoms with Crippen LogP contribution in [0.15, 0.2) is 30.3 Å². The summed E-state index contributed by atoms with van der Waals surface area (Å²) in [6.07, 6.45) is 2.01. The molecule has 0 aromatic heterocycles. The van der Waals surface area contributed by atoms with E-state index in [1.165, 1.54) is 0 Å². The van der Waals surface area contributed by atoms with Crippen molar-refractivity contribution in [2.75, 3.05) is 19.6 Å². The lowest BCUT2D eigenvalue weighted by molar-refractivity contribution is -0.0534. The molecule has 144 valence electrons. The highest BCUT2D eigenvalue weighted by Crippen LogP contribution is 2.35. The van der Waals surface area contributed by atoms with E-state index in [4.69, 9.17) is 4.74 Å². The lowest BCUT2D eigenvalue weighted by Gasteiger charge is -2.36. The summed E-state index contributed by atoms with van der Waals surface area (Å²) in [5.41, 5.74) is 0.927. The molecule has 1 atom stereocenters. The van der Waals surface area contributed by atoms with Crippen molar-refractivity contribution in [2.24, 2.45) is 5.92 Å². The van der Waals surface area contributed by atoms with Crippen molar-refractivity contribution in [3.05, 3.63) is 35.9 Å². The number of carbonyl (C=O) groups excluding carboxylic acids is 1. The highest BCUT2D eigenvalue weighted by molar-refractivity contribution is 5.68. The molecule has 6 heteroatoms. The predicted octanol–water partition coefficient (Wildman–Crippen LogP) is 4.20. The molecule has 1 aromatic rings. The number of halogens is 2. The highest BCUT2D eigenvalue weighted by Gasteiger charge is 2.38. The smallest absolute Gasteiger partial charge is 0.410 e. The minimum Gasteiger partial charge on any atom is -0.445 e. The Hall–Kier alpha value is -1.69. The Kier molecular flexibility index (Phi) is 6.46. The molecule has 0 bridgehead atoms. The molecule has 1 heterocycles. The number of carbonyl (C=O) groups is 1. The Bertz CT molecular complexity index is 566. The van der Waals surface area contributed by atoms with Crippen molar-refractivity contribution in [1.29, 1.82) is 0 Å². The summed E-state index contributed by atoms with van der Waals surface area (Å²) in [5.74, 6) is -2.05. The number of ether oxygens (including phenoxy) is 1. The topological polar surface area (TPSA) is 41.6 Å². The first-order valence-corrected chi connectivity index (χ1v) is 9.59. The average Bonchev–Trinajstić information content (AvgIpc) is 3.15. The molecular formula is C20H28F2N2O2. The first kappa shape index (κ1) is 19.1. The number of amides is 1. The fourth-order valence-corrected chi connectivity index (χ4v) is 3.84. The van der Waals surface area contributed by atoms with Gasteiger partial charge in [-0.15, -0.1) is 0 Å². The van der Waals surface area contributed by atoms with Crippen molar-refractivity contribution in [3.63, 3.8) is 0 Å². The SMILES string of the molecule is O=C(OCc1ccccc1)N(CC[C@H]1CCNC1)C1CCC(F)(F)CC1. The summed E-state index contributed by atoms with van der Waals surface area (Å²) in [7, 11) is 0. The zero-order chi connectivity index (χ0) is 18.4. The molecule has 4 nitrogen and oxygen atoms in total. The molecule has 1 aromatic carbocycles. The van der Waals surface area contributed by atoms with Gasteiger partial charge in [0.25, 0.3) is 0 Å². The van der Waals surface area contributed by atoms with Crippen LogP contribution in [0.2, 0.25) is 0 Å². The van der Waals surface area contributed by atoms with Crippen LogP contribution in [0.25, 0.3) is 0 Å². The maximum absolute atomic E-state index is 13.5. The van der Waals surface area contributed by atoms with E-state index < -0.39 is 5.92 Å². The van der Waals surface area contributed by atoms with Crippen molar-refractivity contribution in [2.45, 2.75) is 57.1 Å². The van der Waals surface area contributed by atoms with Gasteiger partial charge in [0.2, 0.25) is 5.92 Å². The summed E-state index contributed by atoms with van der Waals surface area (Å²) in [6, 6.07) is 9.38. The third-order valence-corrected chi connectivity index (χ3v) is 5.51. The first-order valence-electron chi connectivity index (χ1n) is 9.59. The summed E-state index contributed by atoms with van der Waals surface area (Å²) >= 11 is 0. The van der Waals surface area contributed by atoms with Crippen LogP contribution in [0.5, 0.6) is 0 Å². The number of hydrogen-bond acceptors (Lipinski definition) is 3. The predicted molar refractivity (Wildman–Crippen MR) is 96.1 cm³/mol. The number of rotatable bonds is 6. The number of nitrogens with zero attached hydrogens (tertiary/aromatic N) is 1. The third-order valence-electron chi connectivity index (χ3n) is 5.51. The first-order chi connectivity index (χ1) is 12.5. The molecule has 2 fully saturated rings. The van der Waals surface area contributed by atoms with Crippen molar-refractivity contribution in [1.82, 2.24) is 10.2 Å². The quantitative estimate of drug-likeness (QED) is 0.820. The van der Waals surface area contributed by atoms with Gasteiger partial charge in [-0.25, -0.2) is 13.6 Å². The van der Waals surface area contributed by atoms with Gasteiger partial charge in [-0.05, 0) is 50.3 Å². The van der Waals surface area contributed by atoms with E-state index in [-0.39, 0.29) is 31.6 Å². The van der Waals surface area contributed by atoms with E-state index in [9.17, 15) is 13.6 Å². The molecule has 0 unspecified atom stereocenters. The van der Waals surface area contributed by atoms with Crippen LogP contribution in [-0.2, 0) is 11.3 Å². The van der Waals surface area contributed by atoms with Crippen molar-refractivity contribution >= 4 is 6.09 Å². The summed E-state index contributed by atoms with van der Waals surface area (Å²) in [6.45, 7) is 2.77. The maximum Gasteiger partial charge on any atom is 0.410 e.